The molecule has 0 spiro atoms. The normalized spacial score (nSPS) is 12.2. The van der Waals surface area contributed by atoms with E-state index in [-0.39, 0.29) is 11.9 Å². The van der Waals surface area contributed by atoms with E-state index in [0.717, 1.165) is 27.3 Å². The molecule has 4 nitrogen and oxygen atoms in total. The Bertz CT molecular complexity index is 585. The molecule has 0 bridgehead atoms. The summed E-state index contributed by atoms with van der Waals surface area (Å²) in [5.41, 5.74) is 1.81. The number of nitrogens with zero attached hydrogens (tertiary/aromatic N) is 2. The van der Waals surface area contributed by atoms with E-state index < -0.39 is 0 Å². The quantitative estimate of drug-likeness (QED) is 0.929. The summed E-state index contributed by atoms with van der Waals surface area (Å²) < 4.78 is 4.83. The highest BCUT2D eigenvalue weighted by Crippen LogP contribution is 2.19. The van der Waals surface area contributed by atoms with Gasteiger partial charge in [0.05, 0.1) is 11.7 Å². The Morgan fingerprint density at radius 3 is 3.00 bits per heavy atom. The maximum absolute atomic E-state index is 12.2. The van der Waals surface area contributed by atoms with Crippen molar-refractivity contribution in [2.75, 3.05) is 0 Å². The Morgan fingerprint density at radius 1 is 1.53 bits per heavy atom. The van der Waals surface area contributed by atoms with Crippen LogP contribution in [0.2, 0.25) is 0 Å². The van der Waals surface area contributed by atoms with Crippen LogP contribution in [0.4, 0.5) is 0 Å². The van der Waals surface area contributed by atoms with Crippen molar-refractivity contribution in [2.45, 2.75) is 26.3 Å². The summed E-state index contributed by atoms with van der Waals surface area (Å²) in [5.74, 6) is -0.112. The third-order valence-electron chi connectivity index (χ3n) is 2.79. The Labute approximate surface area is 124 Å². The van der Waals surface area contributed by atoms with Crippen molar-refractivity contribution < 1.29 is 4.79 Å². The van der Waals surface area contributed by atoms with Crippen molar-refractivity contribution >= 4 is 33.4 Å². The van der Waals surface area contributed by atoms with Crippen LogP contribution in [-0.2, 0) is 6.42 Å². The van der Waals surface area contributed by atoms with Crippen molar-refractivity contribution in [2.24, 2.45) is 0 Å². The summed E-state index contributed by atoms with van der Waals surface area (Å²) in [4.78, 5) is 12.8. The Balaban J connectivity index is 2.11. The monoisotopic (exact) mass is 339 g/mol. The molecule has 19 heavy (non-hydrogen) atoms. The number of hydrogen-bond acceptors (Lipinski definition) is 4. The minimum atomic E-state index is -0.112. The summed E-state index contributed by atoms with van der Waals surface area (Å²) >= 11 is 4.57. The third-order valence-corrected chi connectivity index (χ3v) is 4.05. The molecule has 1 aromatic carbocycles. The second kappa shape index (κ2) is 6.25. The summed E-state index contributed by atoms with van der Waals surface area (Å²) in [5, 5.41) is 6.92. The molecule has 1 aromatic heterocycles. The van der Waals surface area contributed by atoms with E-state index in [1.807, 2.05) is 38.1 Å². The van der Waals surface area contributed by atoms with E-state index >= 15 is 0 Å². The molecule has 0 radical (unpaired) electrons. The zero-order valence-electron chi connectivity index (χ0n) is 10.7. The lowest BCUT2D eigenvalue weighted by Crippen LogP contribution is -2.26. The first-order valence-electron chi connectivity index (χ1n) is 5.99. The van der Waals surface area contributed by atoms with Gasteiger partial charge in [-0.25, -0.2) is 0 Å². The summed E-state index contributed by atoms with van der Waals surface area (Å²) in [6, 6.07) is 7.84. The van der Waals surface area contributed by atoms with Crippen LogP contribution in [0.1, 0.15) is 40.8 Å². The molecule has 2 rings (SSSR count). The van der Waals surface area contributed by atoms with Crippen LogP contribution in [0.3, 0.4) is 0 Å². The van der Waals surface area contributed by atoms with Crippen LogP contribution in [0.15, 0.2) is 28.7 Å². The van der Waals surface area contributed by atoms with E-state index in [4.69, 9.17) is 0 Å². The maximum atomic E-state index is 12.2. The lowest BCUT2D eigenvalue weighted by molar-refractivity contribution is 0.0943. The maximum Gasteiger partial charge on any atom is 0.265 e. The molecule has 1 heterocycles. The lowest BCUT2D eigenvalue weighted by Gasteiger charge is -2.14. The van der Waals surface area contributed by atoms with Crippen molar-refractivity contribution in [3.63, 3.8) is 0 Å². The molecule has 100 valence electrons. The van der Waals surface area contributed by atoms with Crippen molar-refractivity contribution in [1.82, 2.24) is 14.9 Å². The van der Waals surface area contributed by atoms with Gasteiger partial charge in [0.15, 0.2) is 0 Å². The molecule has 2 aromatic rings. The predicted octanol–water partition coefficient (Wildman–Crippen LogP) is 3.35. The van der Waals surface area contributed by atoms with Gasteiger partial charge in [-0.15, -0.1) is 5.10 Å². The van der Waals surface area contributed by atoms with Crippen LogP contribution < -0.4 is 5.32 Å². The third kappa shape index (κ3) is 3.39. The first-order chi connectivity index (χ1) is 9.11. The Hall–Kier alpha value is -1.27. The van der Waals surface area contributed by atoms with Gasteiger partial charge in [0.1, 0.15) is 4.88 Å². The number of carbonyl (C=O) groups is 1. The number of hydrogen-bond donors (Lipinski definition) is 1. The minimum Gasteiger partial charge on any atom is -0.345 e. The van der Waals surface area contributed by atoms with Gasteiger partial charge in [-0.1, -0.05) is 39.5 Å². The zero-order chi connectivity index (χ0) is 13.8. The number of rotatable bonds is 4. The number of amides is 1. The van der Waals surface area contributed by atoms with Crippen LogP contribution in [-0.4, -0.2) is 15.5 Å². The Kier molecular flexibility index (Phi) is 4.66. The zero-order valence-corrected chi connectivity index (χ0v) is 13.1. The highest BCUT2D eigenvalue weighted by Gasteiger charge is 2.17. The second-order valence-electron chi connectivity index (χ2n) is 4.15. The van der Waals surface area contributed by atoms with Gasteiger partial charge in [-0.05, 0) is 42.6 Å². The number of benzene rings is 1. The fourth-order valence-corrected chi connectivity index (χ4v) is 2.80. The molecule has 0 aliphatic rings. The molecule has 0 fully saturated rings. The first-order valence-corrected chi connectivity index (χ1v) is 7.56. The Morgan fingerprint density at radius 2 is 2.32 bits per heavy atom. The van der Waals surface area contributed by atoms with Gasteiger partial charge in [0.25, 0.3) is 5.91 Å². The number of nitrogens with one attached hydrogen (secondary N) is 1. The number of aryl methyl sites for hydroxylation is 1. The molecule has 1 N–H and O–H groups in total. The number of aromatic nitrogens is 2. The highest BCUT2D eigenvalue weighted by molar-refractivity contribution is 9.10. The van der Waals surface area contributed by atoms with Gasteiger partial charge < -0.3 is 5.32 Å². The van der Waals surface area contributed by atoms with Crippen LogP contribution >= 0.6 is 27.5 Å². The van der Waals surface area contributed by atoms with E-state index in [1.165, 1.54) is 0 Å². The smallest absolute Gasteiger partial charge is 0.265 e. The lowest BCUT2D eigenvalue weighted by atomic mass is 10.1. The molecule has 6 heteroatoms. The van der Waals surface area contributed by atoms with E-state index in [2.05, 4.69) is 30.8 Å². The van der Waals surface area contributed by atoms with Gasteiger partial charge in [-0.3, -0.25) is 4.79 Å². The van der Waals surface area contributed by atoms with E-state index in [9.17, 15) is 4.79 Å². The summed E-state index contributed by atoms with van der Waals surface area (Å²) in [6.07, 6.45) is 0.713. The topological polar surface area (TPSA) is 54.9 Å². The van der Waals surface area contributed by atoms with Crippen LogP contribution in [0.5, 0.6) is 0 Å². The molecule has 1 unspecified atom stereocenters. The standard InChI is InChI=1S/C13H14BrN3OS/c1-3-11-12(19-17-16-11)13(18)15-8(2)9-5-4-6-10(14)7-9/h4-8H,3H2,1-2H3,(H,15,18). The van der Waals surface area contributed by atoms with Gasteiger partial charge in [-0.2, -0.15) is 0 Å². The van der Waals surface area contributed by atoms with Crippen molar-refractivity contribution in [1.29, 1.82) is 0 Å². The molecule has 0 saturated carbocycles. The molecule has 0 aliphatic heterocycles. The second-order valence-corrected chi connectivity index (χ2v) is 5.82. The highest BCUT2D eigenvalue weighted by atomic mass is 79.9. The number of carbonyl (C=O) groups excluding carboxylic acids is 1. The predicted molar refractivity (Wildman–Crippen MR) is 79.3 cm³/mol. The SMILES string of the molecule is CCc1nnsc1C(=O)NC(C)c1cccc(Br)c1. The molecule has 1 amide bonds. The molecular formula is C13H14BrN3OS. The number of halogens is 1. The van der Waals surface area contributed by atoms with Crippen molar-refractivity contribution in [3.05, 3.63) is 44.9 Å². The average Bonchev–Trinajstić information content (AvgIpc) is 2.87. The van der Waals surface area contributed by atoms with Gasteiger partial charge in [0.2, 0.25) is 0 Å². The summed E-state index contributed by atoms with van der Waals surface area (Å²) in [7, 11) is 0. The molecule has 1 atom stereocenters. The van der Waals surface area contributed by atoms with Crippen LogP contribution in [0, 0.1) is 0 Å². The van der Waals surface area contributed by atoms with E-state index in [0.29, 0.717) is 11.3 Å². The van der Waals surface area contributed by atoms with Gasteiger partial charge in [0, 0.05) is 4.47 Å². The van der Waals surface area contributed by atoms with Gasteiger partial charge >= 0.3 is 0 Å². The first kappa shape index (κ1) is 14.1. The van der Waals surface area contributed by atoms with Crippen LogP contribution in [0.25, 0.3) is 0 Å². The largest absolute Gasteiger partial charge is 0.345 e. The fourth-order valence-electron chi connectivity index (χ4n) is 1.73. The molecular weight excluding hydrogens is 326 g/mol. The minimum absolute atomic E-state index is 0.0585. The van der Waals surface area contributed by atoms with E-state index in [1.54, 1.807) is 0 Å². The average molecular weight is 340 g/mol. The fraction of sp³-hybridized carbons (Fsp3) is 0.308. The van der Waals surface area contributed by atoms with Crippen molar-refractivity contribution in [3.8, 4) is 0 Å². The molecule has 0 aliphatic carbocycles. The summed E-state index contributed by atoms with van der Waals surface area (Å²) in [6.45, 7) is 3.92. The molecule has 0 saturated heterocycles.